The number of piperidine rings is 1. The second-order valence-corrected chi connectivity index (χ2v) is 5.28. The molecule has 3 rings (SSSR count). The van der Waals surface area contributed by atoms with Gasteiger partial charge in [-0.2, -0.15) is 0 Å². The van der Waals surface area contributed by atoms with E-state index in [0.717, 1.165) is 36.2 Å². The van der Waals surface area contributed by atoms with Crippen LogP contribution in [0.25, 0.3) is 0 Å². The van der Waals surface area contributed by atoms with E-state index in [9.17, 15) is 0 Å². The lowest BCUT2D eigenvalue weighted by molar-refractivity contribution is 0.263. The Morgan fingerprint density at radius 2 is 2.06 bits per heavy atom. The van der Waals surface area contributed by atoms with Gasteiger partial charge in [-0.1, -0.05) is 17.7 Å². The summed E-state index contributed by atoms with van der Waals surface area (Å²) in [6, 6.07) is 6.02. The molecule has 1 aromatic rings. The molecular formula is C14H18ClNO2. The Kier molecular flexibility index (Phi) is 3.62. The topological polar surface area (TPSA) is 25.0 Å². The minimum absolute atomic E-state index is 0.264. The van der Waals surface area contributed by atoms with Gasteiger partial charge in [0.15, 0.2) is 0 Å². The lowest BCUT2D eigenvalue weighted by atomic mass is 10.1. The molecule has 1 unspecified atom stereocenters. The van der Waals surface area contributed by atoms with Crippen molar-refractivity contribution in [3.63, 3.8) is 0 Å². The van der Waals surface area contributed by atoms with Crippen molar-refractivity contribution in [2.24, 2.45) is 0 Å². The largest absolute Gasteiger partial charge is 0.489 e. The lowest BCUT2D eigenvalue weighted by Gasteiger charge is -2.30. The van der Waals surface area contributed by atoms with E-state index in [1.54, 1.807) is 0 Å². The first kappa shape index (κ1) is 12.1. The predicted octanol–water partition coefficient (Wildman–Crippen LogP) is 3.11. The van der Waals surface area contributed by atoms with Crippen LogP contribution >= 0.6 is 11.6 Å². The molecule has 0 saturated carbocycles. The molecule has 3 nitrogen and oxygen atoms in total. The number of benzene rings is 1. The third kappa shape index (κ3) is 2.73. The Morgan fingerprint density at radius 1 is 1.28 bits per heavy atom. The standard InChI is InChI=1S/C14H18ClNO2/c15-14-12(16-7-2-1-3-8-16)5-4-6-13(14)18-10-11-9-17-11/h4-6,11H,1-3,7-10H2. The minimum Gasteiger partial charge on any atom is -0.489 e. The van der Waals surface area contributed by atoms with Gasteiger partial charge in [-0.05, 0) is 31.4 Å². The zero-order valence-corrected chi connectivity index (χ0v) is 11.2. The molecule has 2 aliphatic rings. The monoisotopic (exact) mass is 267 g/mol. The van der Waals surface area contributed by atoms with Crippen LogP contribution in [0.4, 0.5) is 5.69 Å². The molecule has 0 amide bonds. The summed E-state index contributed by atoms with van der Waals surface area (Å²) in [6.45, 7) is 3.59. The van der Waals surface area contributed by atoms with Crippen LogP contribution in [0.15, 0.2) is 18.2 Å². The molecule has 18 heavy (non-hydrogen) atoms. The van der Waals surface area contributed by atoms with E-state index in [4.69, 9.17) is 21.1 Å². The fraction of sp³-hybridized carbons (Fsp3) is 0.571. The van der Waals surface area contributed by atoms with E-state index >= 15 is 0 Å². The summed E-state index contributed by atoms with van der Waals surface area (Å²) in [4.78, 5) is 2.35. The minimum atomic E-state index is 0.264. The zero-order valence-electron chi connectivity index (χ0n) is 10.4. The number of anilines is 1. The maximum Gasteiger partial charge on any atom is 0.140 e. The second-order valence-electron chi connectivity index (χ2n) is 4.90. The fourth-order valence-electron chi connectivity index (χ4n) is 2.34. The first-order chi connectivity index (χ1) is 8.84. The van der Waals surface area contributed by atoms with Gasteiger partial charge in [-0.15, -0.1) is 0 Å². The maximum atomic E-state index is 6.44. The van der Waals surface area contributed by atoms with Crippen LogP contribution in [0.1, 0.15) is 19.3 Å². The molecule has 1 aromatic carbocycles. The molecule has 0 bridgehead atoms. The highest BCUT2D eigenvalue weighted by Crippen LogP contribution is 2.36. The van der Waals surface area contributed by atoms with Gasteiger partial charge in [-0.3, -0.25) is 0 Å². The zero-order chi connectivity index (χ0) is 12.4. The van der Waals surface area contributed by atoms with Crippen LogP contribution in [0.3, 0.4) is 0 Å². The van der Waals surface area contributed by atoms with Gasteiger partial charge >= 0.3 is 0 Å². The Labute approximate surface area is 113 Å². The highest BCUT2D eigenvalue weighted by Gasteiger charge is 2.24. The average molecular weight is 268 g/mol. The van der Waals surface area contributed by atoms with Crippen LogP contribution < -0.4 is 9.64 Å². The first-order valence-corrected chi connectivity index (χ1v) is 7.00. The molecule has 0 aromatic heterocycles. The molecule has 2 aliphatic heterocycles. The molecule has 98 valence electrons. The number of ether oxygens (including phenoxy) is 2. The fourth-order valence-corrected chi connectivity index (χ4v) is 2.64. The number of hydrogen-bond acceptors (Lipinski definition) is 3. The molecule has 2 heterocycles. The molecular weight excluding hydrogens is 250 g/mol. The van der Waals surface area contributed by atoms with Crippen LogP contribution in [0.5, 0.6) is 5.75 Å². The smallest absolute Gasteiger partial charge is 0.140 e. The van der Waals surface area contributed by atoms with Crippen molar-refractivity contribution in [3.05, 3.63) is 23.2 Å². The number of hydrogen-bond donors (Lipinski definition) is 0. The van der Waals surface area contributed by atoms with Crippen LogP contribution in [0.2, 0.25) is 5.02 Å². The van der Waals surface area contributed by atoms with E-state index in [0.29, 0.717) is 6.61 Å². The SMILES string of the molecule is Clc1c(OCC2CO2)cccc1N1CCCCC1. The summed E-state index contributed by atoms with van der Waals surface area (Å²) >= 11 is 6.44. The Balaban J connectivity index is 1.73. The highest BCUT2D eigenvalue weighted by atomic mass is 35.5. The van der Waals surface area contributed by atoms with E-state index in [-0.39, 0.29) is 6.10 Å². The van der Waals surface area contributed by atoms with E-state index in [1.807, 2.05) is 12.1 Å². The average Bonchev–Trinajstić information content (AvgIpc) is 3.23. The van der Waals surface area contributed by atoms with Gasteiger partial charge in [0.25, 0.3) is 0 Å². The summed E-state index contributed by atoms with van der Waals surface area (Å²) in [7, 11) is 0. The van der Waals surface area contributed by atoms with Gasteiger partial charge in [0.2, 0.25) is 0 Å². The maximum absolute atomic E-state index is 6.44. The van der Waals surface area contributed by atoms with Crippen LogP contribution in [0, 0.1) is 0 Å². The summed E-state index contributed by atoms with van der Waals surface area (Å²) < 4.78 is 10.8. The second kappa shape index (κ2) is 5.37. The Morgan fingerprint density at radius 3 is 2.78 bits per heavy atom. The summed E-state index contributed by atoms with van der Waals surface area (Å²) in [6.07, 6.45) is 4.08. The van der Waals surface area contributed by atoms with Crippen LogP contribution in [-0.4, -0.2) is 32.4 Å². The van der Waals surface area contributed by atoms with Gasteiger partial charge in [0.1, 0.15) is 23.5 Å². The molecule has 2 saturated heterocycles. The summed E-state index contributed by atoms with van der Waals surface area (Å²) in [5, 5.41) is 0.736. The van der Waals surface area contributed by atoms with Crippen molar-refractivity contribution in [3.8, 4) is 5.75 Å². The normalized spacial score (nSPS) is 22.9. The van der Waals surface area contributed by atoms with Crippen molar-refractivity contribution in [1.82, 2.24) is 0 Å². The number of nitrogens with zero attached hydrogens (tertiary/aromatic N) is 1. The van der Waals surface area contributed by atoms with E-state index in [2.05, 4.69) is 11.0 Å². The summed E-state index contributed by atoms with van der Waals surface area (Å²) in [5.74, 6) is 0.773. The van der Waals surface area contributed by atoms with Gasteiger partial charge in [0.05, 0.1) is 12.3 Å². The van der Waals surface area contributed by atoms with E-state index < -0.39 is 0 Å². The molecule has 1 atom stereocenters. The van der Waals surface area contributed by atoms with Crippen molar-refractivity contribution >= 4 is 17.3 Å². The molecule has 2 fully saturated rings. The summed E-state index contributed by atoms with van der Waals surface area (Å²) in [5.41, 5.74) is 1.10. The Hall–Kier alpha value is -0.930. The first-order valence-electron chi connectivity index (χ1n) is 6.62. The Bertz CT molecular complexity index is 414. The number of rotatable bonds is 4. The van der Waals surface area contributed by atoms with Gasteiger partial charge in [0, 0.05) is 13.1 Å². The van der Waals surface area contributed by atoms with E-state index in [1.165, 1.54) is 19.3 Å². The quantitative estimate of drug-likeness (QED) is 0.784. The van der Waals surface area contributed by atoms with Crippen molar-refractivity contribution in [2.75, 3.05) is 31.2 Å². The third-order valence-corrected chi connectivity index (χ3v) is 3.85. The molecule has 0 spiro atoms. The molecule has 4 heteroatoms. The highest BCUT2D eigenvalue weighted by molar-refractivity contribution is 6.34. The van der Waals surface area contributed by atoms with Crippen molar-refractivity contribution in [2.45, 2.75) is 25.4 Å². The third-order valence-electron chi connectivity index (χ3n) is 3.47. The number of epoxide rings is 1. The number of halogens is 1. The molecule has 0 radical (unpaired) electrons. The molecule has 0 aliphatic carbocycles. The van der Waals surface area contributed by atoms with Gasteiger partial charge < -0.3 is 14.4 Å². The van der Waals surface area contributed by atoms with Crippen molar-refractivity contribution < 1.29 is 9.47 Å². The van der Waals surface area contributed by atoms with Crippen molar-refractivity contribution in [1.29, 1.82) is 0 Å². The molecule has 0 N–H and O–H groups in total. The van der Waals surface area contributed by atoms with Gasteiger partial charge in [-0.25, -0.2) is 0 Å². The lowest BCUT2D eigenvalue weighted by Crippen LogP contribution is -2.29. The van der Waals surface area contributed by atoms with Crippen LogP contribution in [-0.2, 0) is 4.74 Å². The predicted molar refractivity (Wildman–Crippen MR) is 72.8 cm³/mol.